The minimum atomic E-state index is -5.00. The highest BCUT2D eigenvalue weighted by atomic mass is 19.4. The van der Waals surface area contributed by atoms with Gasteiger partial charge in [0.05, 0.1) is 16.8 Å². The van der Waals surface area contributed by atoms with Gasteiger partial charge in [0.2, 0.25) is 0 Å². The van der Waals surface area contributed by atoms with Crippen molar-refractivity contribution < 1.29 is 31.1 Å². The van der Waals surface area contributed by atoms with Crippen molar-refractivity contribution in [3.05, 3.63) is 64.6 Å². The maximum atomic E-state index is 13.0. The number of hydrogen-bond donors (Lipinski definition) is 1. The zero-order valence-corrected chi connectivity index (χ0v) is 14.5. The van der Waals surface area contributed by atoms with Crippen LogP contribution < -0.4 is 5.32 Å². The number of amides is 1. The zero-order valence-electron chi connectivity index (χ0n) is 14.5. The molecule has 148 valence electrons. The highest BCUT2D eigenvalue weighted by Gasteiger charge is 2.37. The smallest absolute Gasteiger partial charge is 0.321 e. The highest BCUT2D eigenvalue weighted by molar-refractivity contribution is 6.04. The molecule has 0 aliphatic carbocycles. The molecule has 0 aliphatic heterocycles. The van der Waals surface area contributed by atoms with E-state index in [0.29, 0.717) is 17.8 Å². The van der Waals surface area contributed by atoms with Gasteiger partial charge in [-0.2, -0.15) is 26.3 Å². The Bertz CT molecular complexity index is 1030. The maximum absolute atomic E-state index is 13.0. The van der Waals surface area contributed by atoms with Crippen molar-refractivity contribution in [2.24, 2.45) is 0 Å². The Morgan fingerprint density at radius 1 is 1.00 bits per heavy atom. The Labute approximate surface area is 154 Å². The van der Waals surface area contributed by atoms with Gasteiger partial charge in [-0.05, 0) is 43.7 Å². The fourth-order valence-electron chi connectivity index (χ4n) is 2.81. The third kappa shape index (κ3) is 3.67. The summed E-state index contributed by atoms with van der Waals surface area (Å²) in [5.41, 5.74) is -2.12. The Morgan fingerprint density at radius 3 is 2.11 bits per heavy atom. The largest absolute Gasteiger partial charge is 0.416 e. The molecular formula is C18H13F6N3O. The highest BCUT2D eigenvalue weighted by Crippen LogP contribution is 2.37. The average Bonchev–Trinajstić information content (AvgIpc) is 2.90. The van der Waals surface area contributed by atoms with E-state index < -0.39 is 35.1 Å². The molecule has 28 heavy (non-hydrogen) atoms. The third-order valence-corrected chi connectivity index (χ3v) is 4.08. The summed E-state index contributed by atoms with van der Waals surface area (Å²) in [6, 6.07) is 4.31. The number of pyridine rings is 1. The number of anilines is 1. The van der Waals surface area contributed by atoms with E-state index in [-0.39, 0.29) is 17.5 Å². The number of halogens is 6. The average molecular weight is 401 g/mol. The SMILES string of the molecule is Cc1nc2c(C)cccn2c1C(=O)Nc1cc(C(F)(F)F)cc(C(F)(F)F)c1. The van der Waals surface area contributed by atoms with E-state index in [1.807, 2.05) is 0 Å². The van der Waals surface area contributed by atoms with Crippen LogP contribution >= 0.6 is 0 Å². The lowest BCUT2D eigenvalue weighted by Gasteiger charge is -2.15. The molecule has 2 heterocycles. The summed E-state index contributed by atoms with van der Waals surface area (Å²) in [6.07, 6.45) is -8.47. The number of hydrogen-bond acceptors (Lipinski definition) is 2. The lowest BCUT2D eigenvalue weighted by atomic mass is 10.1. The van der Waals surface area contributed by atoms with E-state index in [9.17, 15) is 31.1 Å². The van der Waals surface area contributed by atoms with Gasteiger partial charge in [0, 0.05) is 11.9 Å². The lowest BCUT2D eigenvalue weighted by molar-refractivity contribution is -0.143. The van der Waals surface area contributed by atoms with Gasteiger partial charge in [0.15, 0.2) is 0 Å². The molecule has 4 nitrogen and oxygen atoms in total. The minimum Gasteiger partial charge on any atom is -0.321 e. The van der Waals surface area contributed by atoms with Crippen molar-refractivity contribution in [3.63, 3.8) is 0 Å². The Morgan fingerprint density at radius 2 is 1.57 bits per heavy atom. The van der Waals surface area contributed by atoms with Gasteiger partial charge < -0.3 is 5.32 Å². The molecule has 2 aromatic heterocycles. The number of nitrogens with one attached hydrogen (secondary N) is 1. The first kappa shape index (κ1) is 19.7. The van der Waals surface area contributed by atoms with Gasteiger partial charge in [-0.1, -0.05) is 6.07 Å². The van der Waals surface area contributed by atoms with Crippen LogP contribution in [0.4, 0.5) is 32.0 Å². The summed E-state index contributed by atoms with van der Waals surface area (Å²) in [6.45, 7) is 3.28. The van der Waals surface area contributed by atoms with Gasteiger partial charge in [0.1, 0.15) is 11.3 Å². The van der Waals surface area contributed by atoms with E-state index in [4.69, 9.17) is 0 Å². The Hall–Kier alpha value is -3.04. The summed E-state index contributed by atoms with van der Waals surface area (Å²) >= 11 is 0. The predicted octanol–water partition coefficient (Wildman–Crippen LogP) is 5.24. The van der Waals surface area contributed by atoms with Gasteiger partial charge >= 0.3 is 12.4 Å². The van der Waals surface area contributed by atoms with Gasteiger partial charge in [-0.3, -0.25) is 9.20 Å². The molecule has 0 atom stereocenters. The lowest BCUT2D eigenvalue weighted by Crippen LogP contribution is -2.18. The molecular weight excluding hydrogens is 388 g/mol. The quantitative estimate of drug-likeness (QED) is 0.597. The molecule has 1 amide bonds. The van der Waals surface area contributed by atoms with Gasteiger partial charge in [-0.25, -0.2) is 4.98 Å². The fraction of sp³-hybridized carbons (Fsp3) is 0.222. The second kappa shape index (κ2) is 6.54. The molecule has 0 saturated carbocycles. The van der Waals surface area contributed by atoms with Crippen LogP contribution in [0.15, 0.2) is 36.5 Å². The molecule has 0 fully saturated rings. The van der Waals surface area contributed by atoms with E-state index in [1.165, 1.54) is 17.5 Å². The van der Waals surface area contributed by atoms with Crippen LogP contribution in [0, 0.1) is 13.8 Å². The number of carbonyl (C=O) groups is 1. The van der Waals surface area contributed by atoms with Crippen LogP contribution in [0.25, 0.3) is 5.65 Å². The van der Waals surface area contributed by atoms with Crippen molar-refractivity contribution in [1.82, 2.24) is 9.38 Å². The molecule has 0 unspecified atom stereocenters. The van der Waals surface area contributed by atoms with Crippen molar-refractivity contribution in [1.29, 1.82) is 0 Å². The standard InChI is InChI=1S/C18H13F6N3O/c1-9-4-3-5-27-14(10(2)25-15(9)27)16(28)26-13-7-11(17(19,20)21)6-12(8-13)18(22,23)24/h3-8H,1-2H3,(H,26,28). The molecule has 0 aliphatic rings. The monoisotopic (exact) mass is 401 g/mol. The first-order valence-electron chi connectivity index (χ1n) is 7.93. The summed E-state index contributed by atoms with van der Waals surface area (Å²) in [5, 5.41) is 2.12. The van der Waals surface area contributed by atoms with E-state index in [2.05, 4.69) is 10.3 Å². The van der Waals surface area contributed by atoms with Crippen LogP contribution in [0.3, 0.4) is 0 Å². The number of fused-ring (bicyclic) bond motifs is 1. The van der Waals surface area contributed by atoms with Gasteiger partial charge in [-0.15, -0.1) is 0 Å². The van der Waals surface area contributed by atoms with Crippen molar-refractivity contribution in [3.8, 4) is 0 Å². The van der Waals surface area contributed by atoms with Crippen LogP contribution in [-0.2, 0) is 12.4 Å². The van der Waals surface area contributed by atoms with E-state index in [0.717, 1.165) is 5.56 Å². The number of benzene rings is 1. The van der Waals surface area contributed by atoms with Crippen LogP contribution in [0.5, 0.6) is 0 Å². The molecule has 0 spiro atoms. The Kier molecular flexibility index (Phi) is 4.60. The van der Waals surface area contributed by atoms with Crippen molar-refractivity contribution in [2.75, 3.05) is 5.32 Å². The first-order chi connectivity index (χ1) is 12.9. The van der Waals surface area contributed by atoms with Crippen LogP contribution in [0.2, 0.25) is 0 Å². The molecule has 10 heteroatoms. The maximum Gasteiger partial charge on any atom is 0.416 e. The molecule has 1 aromatic carbocycles. The molecule has 0 radical (unpaired) electrons. The van der Waals surface area contributed by atoms with Crippen molar-refractivity contribution >= 4 is 17.2 Å². The molecule has 0 bridgehead atoms. The summed E-state index contributed by atoms with van der Waals surface area (Å²) < 4.78 is 79.2. The number of imidazole rings is 1. The first-order valence-corrected chi connectivity index (χ1v) is 7.93. The summed E-state index contributed by atoms with van der Waals surface area (Å²) in [5.74, 6) is -0.872. The second-order valence-electron chi connectivity index (χ2n) is 6.18. The number of alkyl halides is 6. The topological polar surface area (TPSA) is 46.4 Å². The third-order valence-electron chi connectivity index (χ3n) is 4.08. The zero-order chi connectivity index (χ0) is 20.9. The van der Waals surface area contributed by atoms with Crippen LogP contribution in [-0.4, -0.2) is 15.3 Å². The second-order valence-corrected chi connectivity index (χ2v) is 6.18. The minimum absolute atomic E-state index is 0.00150. The Balaban J connectivity index is 2.06. The number of rotatable bonds is 2. The predicted molar refractivity (Wildman–Crippen MR) is 89.1 cm³/mol. The summed E-state index contributed by atoms with van der Waals surface area (Å²) in [4.78, 5) is 16.8. The number of nitrogens with zero attached hydrogens (tertiary/aromatic N) is 2. The normalized spacial score (nSPS) is 12.4. The molecule has 0 saturated heterocycles. The molecule has 3 aromatic rings. The van der Waals surface area contributed by atoms with Crippen LogP contribution in [0.1, 0.15) is 32.9 Å². The number of aryl methyl sites for hydroxylation is 2. The van der Waals surface area contributed by atoms with Crippen molar-refractivity contribution in [2.45, 2.75) is 26.2 Å². The number of carbonyl (C=O) groups excluding carboxylic acids is 1. The fourth-order valence-corrected chi connectivity index (χ4v) is 2.81. The van der Waals surface area contributed by atoms with E-state index in [1.54, 1.807) is 19.1 Å². The van der Waals surface area contributed by atoms with E-state index >= 15 is 0 Å². The molecule has 1 N–H and O–H groups in total. The number of aromatic nitrogens is 2. The molecule has 3 rings (SSSR count). The van der Waals surface area contributed by atoms with Gasteiger partial charge in [0.25, 0.3) is 5.91 Å². The summed E-state index contributed by atoms with van der Waals surface area (Å²) in [7, 11) is 0.